The summed E-state index contributed by atoms with van der Waals surface area (Å²) in [6.07, 6.45) is 2.32. The van der Waals surface area contributed by atoms with E-state index in [1.165, 1.54) is 11.6 Å². The van der Waals surface area contributed by atoms with Gasteiger partial charge >= 0.3 is 0 Å². The van der Waals surface area contributed by atoms with Crippen LogP contribution in [-0.4, -0.2) is 16.2 Å². The normalized spacial score (nSPS) is 10.9. The van der Waals surface area contributed by atoms with Crippen molar-refractivity contribution in [3.8, 4) is 5.75 Å². The molecule has 0 aliphatic heterocycles. The standard InChI is InChI=1S/C21H22N4O2/c1-3-18-12-20(26)24-21(23-18)25-22-13-17-6-4-5-7-19(17)27-14-16-10-8-15(2)9-11-16/h4-13H,3,14H2,1-2H3,(H2,23,24,25,26)/b22-13-. The van der Waals surface area contributed by atoms with Crippen LogP contribution in [-0.2, 0) is 13.0 Å². The maximum atomic E-state index is 11.6. The van der Waals surface area contributed by atoms with Gasteiger partial charge in [0.15, 0.2) is 0 Å². The van der Waals surface area contributed by atoms with Crippen LogP contribution in [0, 0.1) is 6.92 Å². The highest BCUT2D eigenvalue weighted by molar-refractivity contribution is 5.83. The number of hydrazone groups is 1. The number of ether oxygens (including phenoxy) is 1. The van der Waals surface area contributed by atoms with Crippen LogP contribution in [0.4, 0.5) is 5.95 Å². The second kappa shape index (κ2) is 8.80. The number of hydrogen-bond acceptors (Lipinski definition) is 5. The fraction of sp³-hybridized carbons (Fsp3) is 0.190. The van der Waals surface area contributed by atoms with Crippen LogP contribution in [0.3, 0.4) is 0 Å². The van der Waals surface area contributed by atoms with Crippen LogP contribution in [0.1, 0.15) is 29.3 Å². The summed E-state index contributed by atoms with van der Waals surface area (Å²) < 4.78 is 5.93. The lowest BCUT2D eigenvalue weighted by molar-refractivity contribution is 0.306. The molecule has 0 aliphatic carbocycles. The highest BCUT2D eigenvalue weighted by Gasteiger charge is 2.02. The molecule has 0 saturated heterocycles. The van der Waals surface area contributed by atoms with Gasteiger partial charge < -0.3 is 4.74 Å². The molecule has 0 atom stereocenters. The minimum Gasteiger partial charge on any atom is -0.488 e. The number of nitrogens with zero attached hydrogens (tertiary/aromatic N) is 2. The summed E-state index contributed by atoms with van der Waals surface area (Å²) in [4.78, 5) is 18.5. The molecule has 6 heteroatoms. The first-order valence-electron chi connectivity index (χ1n) is 8.80. The first-order chi connectivity index (χ1) is 13.1. The Morgan fingerprint density at radius 1 is 1.19 bits per heavy atom. The second-order valence-corrected chi connectivity index (χ2v) is 6.12. The lowest BCUT2D eigenvalue weighted by atomic mass is 10.1. The Kier molecular flexibility index (Phi) is 5.99. The number of para-hydroxylation sites is 1. The van der Waals surface area contributed by atoms with Crippen LogP contribution >= 0.6 is 0 Å². The van der Waals surface area contributed by atoms with Gasteiger partial charge in [0.2, 0.25) is 5.95 Å². The molecule has 27 heavy (non-hydrogen) atoms. The van der Waals surface area contributed by atoms with Crippen molar-refractivity contribution >= 4 is 12.2 Å². The maximum Gasteiger partial charge on any atom is 0.252 e. The highest BCUT2D eigenvalue weighted by Crippen LogP contribution is 2.18. The van der Waals surface area contributed by atoms with Gasteiger partial charge in [0, 0.05) is 17.3 Å². The average molecular weight is 362 g/mol. The van der Waals surface area contributed by atoms with Crippen LogP contribution in [0.2, 0.25) is 0 Å². The number of nitrogens with one attached hydrogen (secondary N) is 2. The first kappa shape index (κ1) is 18.4. The zero-order valence-electron chi connectivity index (χ0n) is 15.4. The Bertz CT molecular complexity index is 978. The number of hydrogen-bond donors (Lipinski definition) is 2. The molecule has 0 unspecified atom stereocenters. The predicted octanol–water partition coefficient (Wildman–Crippen LogP) is 3.67. The monoisotopic (exact) mass is 362 g/mol. The summed E-state index contributed by atoms with van der Waals surface area (Å²) in [6, 6.07) is 17.3. The van der Waals surface area contributed by atoms with Gasteiger partial charge in [-0.3, -0.25) is 9.78 Å². The van der Waals surface area contributed by atoms with Crippen molar-refractivity contribution in [2.24, 2.45) is 5.10 Å². The van der Waals surface area contributed by atoms with E-state index >= 15 is 0 Å². The highest BCUT2D eigenvalue weighted by atomic mass is 16.5. The van der Waals surface area contributed by atoms with Gasteiger partial charge in [-0.15, -0.1) is 0 Å². The number of aromatic nitrogens is 2. The first-order valence-corrected chi connectivity index (χ1v) is 8.80. The molecular weight excluding hydrogens is 340 g/mol. The van der Waals surface area contributed by atoms with Crippen molar-refractivity contribution in [1.29, 1.82) is 0 Å². The van der Waals surface area contributed by atoms with E-state index in [0.29, 0.717) is 24.7 Å². The van der Waals surface area contributed by atoms with Gasteiger partial charge in [-0.05, 0) is 31.0 Å². The zero-order valence-corrected chi connectivity index (χ0v) is 15.4. The number of H-pyrrole nitrogens is 1. The Hall–Kier alpha value is -3.41. The minimum absolute atomic E-state index is 0.207. The molecular formula is C21H22N4O2. The predicted molar refractivity (Wildman–Crippen MR) is 107 cm³/mol. The molecule has 1 aromatic heterocycles. The Labute approximate surface area is 157 Å². The van der Waals surface area contributed by atoms with Crippen molar-refractivity contribution in [3.05, 3.63) is 87.3 Å². The van der Waals surface area contributed by atoms with Gasteiger partial charge in [0.1, 0.15) is 12.4 Å². The number of rotatable bonds is 7. The molecule has 3 aromatic rings. The Morgan fingerprint density at radius 3 is 2.74 bits per heavy atom. The van der Waals surface area contributed by atoms with E-state index in [2.05, 4.69) is 51.7 Å². The van der Waals surface area contributed by atoms with Crippen LogP contribution in [0.25, 0.3) is 0 Å². The van der Waals surface area contributed by atoms with E-state index < -0.39 is 0 Å². The van der Waals surface area contributed by atoms with Crippen LogP contribution in [0.15, 0.2) is 64.5 Å². The summed E-state index contributed by atoms with van der Waals surface area (Å²) in [6.45, 7) is 4.48. The third-order valence-electron chi connectivity index (χ3n) is 3.96. The summed E-state index contributed by atoms with van der Waals surface area (Å²) in [7, 11) is 0. The Balaban J connectivity index is 1.68. The zero-order chi connectivity index (χ0) is 19.1. The second-order valence-electron chi connectivity index (χ2n) is 6.12. The number of aryl methyl sites for hydroxylation is 2. The van der Waals surface area contributed by atoms with E-state index in [-0.39, 0.29) is 5.56 Å². The van der Waals surface area contributed by atoms with Crippen molar-refractivity contribution in [3.63, 3.8) is 0 Å². The van der Waals surface area contributed by atoms with Crippen molar-refractivity contribution < 1.29 is 4.74 Å². The third-order valence-corrected chi connectivity index (χ3v) is 3.96. The number of aromatic amines is 1. The summed E-state index contributed by atoms with van der Waals surface area (Å²) in [5.41, 5.74) is 6.41. The topological polar surface area (TPSA) is 79.4 Å². The van der Waals surface area contributed by atoms with Crippen molar-refractivity contribution in [2.75, 3.05) is 5.43 Å². The summed E-state index contributed by atoms with van der Waals surface area (Å²) in [5, 5.41) is 4.17. The number of benzene rings is 2. The molecule has 138 valence electrons. The molecule has 3 rings (SSSR count). The van der Waals surface area contributed by atoms with E-state index in [1.54, 1.807) is 6.21 Å². The van der Waals surface area contributed by atoms with Gasteiger partial charge in [-0.2, -0.15) is 5.10 Å². The molecule has 6 nitrogen and oxygen atoms in total. The van der Waals surface area contributed by atoms with Crippen molar-refractivity contribution in [2.45, 2.75) is 26.9 Å². The molecule has 0 spiro atoms. The smallest absolute Gasteiger partial charge is 0.252 e. The number of anilines is 1. The SMILES string of the molecule is CCc1cc(=O)[nH]c(N/N=C\c2ccccc2OCc2ccc(C)cc2)n1. The fourth-order valence-electron chi connectivity index (χ4n) is 2.47. The molecule has 1 heterocycles. The molecule has 0 saturated carbocycles. The van der Waals surface area contributed by atoms with Crippen molar-refractivity contribution in [1.82, 2.24) is 9.97 Å². The fourth-order valence-corrected chi connectivity index (χ4v) is 2.47. The largest absolute Gasteiger partial charge is 0.488 e. The average Bonchev–Trinajstić information content (AvgIpc) is 2.68. The molecule has 0 amide bonds. The Morgan fingerprint density at radius 2 is 1.96 bits per heavy atom. The lowest BCUT2D eigenvalue weighted by Crippen LogP contribution is -2.11. The third kappa shape index (κ3) is 5.28. The van der Waals surface area contributed by atoms with E-state index in [4.69, 9.17) is 4.74 Å². The van der Waals surface area contributed by atoms with E-state index in [1.807, 2.05) is 31.2 Å². The van der Waals surface area contributed by atoms with Crippen LogP contribution < -0.4 is 15.7 Å². The van der Waals surface area contributed by atoms with Gasteiger partial charge in [0.05, 0.1) is 6.21 Å². The molecule has 0 fully saturated rings. The quantitative estimate of drug-likeness (QED) is 0.496. The molecule has 0 radical (unpaired) electrons. The molecule has 2 N–H and O–H groups in total. The lowest BCUT2D eigenvalue weighted by Gasteiger charge is -2.09. The maximum absolute atomic E-state index is 11.6. The van der Waals surface area contributed by atoms with Gasteiger partial charge in [-0.1, -0.05) is 48.9 Å². The van der Waals surface area contributed by atoms with E-state index in [9.17, 15) is 4.79 Å². The minimum atomic E-state index is -0.207. The summed E-state index contributed by atoms with van der Waals surface area (Å²) in [5.74, 6) is 1.04. The molecule has 0 aliphatic rings. The molecule has 0 bridgehead atoms. The van der Waals surface area contributed by atoms with Gasteiger partial charge in [-0.25, -0.2) is 10.4 Å². The molecule has 2 aromatic carbocycles. The van der Waals surface area contributed by atoms with Gasteiger partial charge in [0.25, 0.3) is 5.56 Å². The van der Waals surface area contributed by atoms with E-state index in [0.717, 1.165) is 16.9 Å². The summed E-state index contributed by atoms with van der Waals surface area (Å²) >= 11 is 0. The van der Waals surface area contributed by atoms with Crippen LogP contribution in [0.5, 0.6) is 5.75 Å².